The van der Waals surface area contributed by atoms with Crippen molar-refractivity contribution in [2.75, 3.05) is 5.32 Å². The zero-order valence-corrected chi connectivity index (χ0v) is 9.29. The van der Waals surface area contributed by atoms with E-state index < -0.39 is 11.7 Å². The molecule has 0 aliphatic carbocycles. The van der Waals surface area contributed by atoms with Gasteiger partial charge in [-0.15, -0.1) is 11.3 Å². The molecule has 0 atom stereocenters. The van der Waals surface area contributed by atoms with Crippen LogP contribution in [0.3, 0.4) is 0 Å². The molecule has 0 aliphatic heterocycles. The van der Waals surface area contributed by atoms with Gasteiger partial charge in [0.15, 0.2) is 0 Å². The van der Waals surface area contributed by atoms with Gasteiger partial charge in [0, 0.05) is 0 Å². The summed E-state index contributed by atoms with van der Waals surface area (Å²) in [6.45, 7) is 0. The van der Waals surface area contributed by atoms with E-state index in [1.54, 1.807) is 0 Å². The summed E-state index contributed by atoms with van der Waals surface area (Å²) in [6, 6.07) is 5.68. The predicted molar refractivity (Wildman–Crippen MR) is 61.2 cm³/mol. The molecule has 1 aromatic heterocycles. The van der Waals surface area contributed by atoms with Crippen molar-refractivity contribution in [3.8, 4) is 6.07 Å². The van der Waals surface area contributed by atoms with E-state index in [0.717, 1.165) is 6.07 Å². The number of nitriles is 1. The van der Waals surface area contributed by atoms with Crippen LogP contribution in [-0.4, -0.2) is 10.9 Å². The Kier molecular flexibility index (Phi) is 3.12. The summed E-state index contributed by atoms with van der Waals surface area (Å²) in [5.74, 6) is -1.06. The lowest BCUT2D eigenvalue weighted by molar-refractivity contribution is 0.103. The monoisotopic (exact) mass is 247 g/mol. The largest absolute Gasteiger partial charge is 0.319 e. The molecule has 2 aromatic rings. The molecular formula is C11H6FN3OS. The molecule has 1 aromatic carbocycles. The first kappa shape index (κ1) is 11.2. The summed E-state index contributed by atoms with van der Waals surface area (Å²) in [5, 5.41) is 11.0. The highest BCUT2D eigenvalue weighted by Gasteiger charge is 2.10. The van der Waals surface area contributed by atoms with Crippen molar-refractivity contribution in [3.63, 3.8) is 0 Å². The summed E-state index contributed by atoms with van der Waals surface area (Å²) in [4.78, 5) is 15.8. The quantitative estimate of drug-likeness (QED) is 0.886. The maximum absolute atomic E-state index is 13.5. The summed E-state index contributed by atoms with van der Waals surface area (Å²) in [6.07, 6.45) is 1.40. The third-order valence-corrected chi connectivity index (χ3v) is 2.77. The van der Waals surface area contributed by atoms with E-state index in [0.29, 0.717) is 4.88 Å². The van der Waals surface area contributed by atoms with E-state index in [9.17, 15) is 9.18 Å². The fraction of sp³-hybridized carbons (Fsp3) is 0. The highest BCUT2D eigenvalue weighted by atomic mass is 32.1. The van der Waals surface area contributed by atoms with Gasteiger partial charge in [0.1, 0.15) is 10.7 Å². The normalized spacial score (nSPS) is 9.65. The number of amides is 1. The van der Waals surface area contributed by atoms with Crippen LogP contribution in [0.2, 0.25) is 0 Å². The second-order valence-electron chi connectivity index (χ2n) is 3.13. The van der Waals surface area contributed by atoms with E-state index in [2.05, 4.69) is 10.3 Å². The minimum Gasteiger partial charge on any atom is -0.319 e. The standard InChI is InChI=1S/C11H6FN3OS/c12-8-3-7(4-13)1-2-9(8)15-11(16)10-5-14-6-17-10/h1-3,5-6H,(H,15,16). The average Bonchev–Trinajstić information content (AvgIpc) is 2.85. The number of carbonyl (C=O) groups excluding carboxylic acids is 1. The lowest BCUT2D eigenvalue weighted by Gasteiger charge is -2.04. The Morgan fingerprint density at radius 3 is 2.94 bits per heavy atom. The first-order valence-electron chi connectivity index (χ1n) is 4.60. The maximum Gasteiger partial charge on any atom is 0.267 e. The minimum absolute atomic E-state index is 0.0439. The molecule has 0 fully saturated rings. The minimum atomic E-state index is -0.637. The van der Waals surface area contributed by atoms with Crippen molar-refractivity contribution in [2.24, 2.45) is 0 Å². The number of halogens is 1. The van der Waals surface area contributed by atoms with E-state index in [1.807, 2.05) is 6.07 Å². The van der Waals surface area contributed by atoms with Gasteiger partial charge in [-0.25, -0.2) is 4.39 Å². The lowest BCUT2D eigenvalue weighted by atomic mass is 10.2. The second-order valence-corrected chi connectivity index (χ2v) is 4.01. The summed E-state index contributed by atoms with van der Waals surface area (Å²) < 4.78 is 13.5. The number of carbonyl (C=O) groups is 1. The second kappa shape index (κ2) is 4.72. The molecule has 0 radical (unpaired) electrons. The molecule has 0 bridgehead atoms. The first-order valence-corrected chi connectivity index (χ1v) is 5.48. The molecular weight excluding hydrogens is 241 g/mol. The lowest BCUT2D eigenvalue weighted by Crippen LogP contribution is -2.11. The predicted octanol–water partition coefficient (Wildman–Crippen LogP) is 2.41. The maximum atomic E-state index is 13.5. The molecule has 6 heteroatoms. The molecule has 0 saturated heterocycles. The van der Waals surface area contributed by atoms with Crippen LogP contribution < -0.4 is 5.32 Å². The van der Waals surface area contributed by atoms with E-state index in [1.165, 1.54) is 35.2 Å². The molecule has 17 heavy (non-hydrogen) atoms. The van der Waals surface area contributed by atoms with Gasteiger partial charge < -0.3 is 5.32 Å². The van der Waals surface area contributed by atoms with Crippen LogP contribution in [0.25, 0.3) is 0 Å². The molecule has 2 rings (SSSR count). The molecule has 1 N–H and O–H groups in total. The Bertz CT molecular complexity index is 589. The van der Waals surface area contributed by atoms with Crippen LogP contribution in [-0.2, 0) is 0 Å². The zero-order chi connectivity index (χ0) is 12.3. The number of aromatic nitrogens is 1. The number of hydrogen-bond acceptors (Lipinski definition) is 4. The summed E-state index contributed by atoms with van der Waals surface area (Å²) in [7, 11) is 0. The molecule has 1 amide bonds. The van der Waals surface area contributed by atoms with E-state index >= 15 is 0 Å². The van der Waals surface area contributed by atoms with Crippen LogP contribution in [0.4, 0.5) is 10.1 Å². The van der Waals surface area contributed by atoms with E-state index in [-0.39, 0.29) is 11.3 Å². The molecule has 0 spiro atoms. The van der Waals surface area contributed by atoms with Crippen molar-refractivity contribution in [1.29, 1.82) is 5.26 Å². The van der Waals surface area contributed by atoms with Gasteiger partial charge in [0.05, 0.1) is 29.0 Å². The fourth-order valence-corrected chi connectivity index (χ4v) is 1.71. The van der Waals surface area contributed by atoms with Crippen molar-refractivity contribution in [1.82, 2.24) is 4.98 Å². The van der Waals surface area contributed by atoms with Gasteiger partial charge in [0.25, 0.3) is 5.91 Å². The number of anilines is 1. The number of rotatable bonds is 2. The van der Waals surface area contributed by atoms with Gasteiger partial charge >= 0.3 is 0 Å². The average molecular weight is 247 g/mol. The van der Waals surface area contributed by atoms with Crippen molar-refractivity contribution < 1.29 is 9.18 Å². The van der Waals surface area contributed by atoms with Crippen molar-refractivity contribution in [3.05, 3.63) is 46.2 Å². The molecule has 84 valence electrons. The zero-order valence-electron chi connectivity index (χ0n) is 8.48. The van der Waals surface area contributed by atoms with Gasteiger partial charge in [-0.2, -0.15) is 5.26 Å². The Balaban J connectivity index is 2.20. The third kappa shape index (κ3) is 2.46. The molecule has 1 heterocycles. The molecule has 0 unspecified atom stereocenters. The SMILES string of the molecule is N#Cc1ccc(NC(=O)c2cncs2)c(F)c1. The van der Waals surface area contributed by atoms with Crippen molar-refractivity contribution >= 4 is 22.9 Å². The van der Waals surface area contributed by atoms with Crippen molar-refractivity contribution in [2.45, 2.75) is 0 Å². The molecule has 0 saturated carbocycles. The van der Waals surface area contributed by atoms with Crippen LogP contribution in [0.1, 0.15) is 15.2 Å². The Hall–Kier alpha value is -2.26. The Morgan fingerprint density at radius 2 is 2.35 bits per heavy atom. The number of nitrogens with one attached hydrogen (secondary N) is 1. The number of hydrogen-bond donors (Lipinski definition) is 1. The van der Waals surface area contributed by atoms with Crippen LogP contribution in [0.5, 0.6) is 0 Å². The fourth-order valence-electron chi connectivity index (χ4n) is 1.20. The Labute approximate surface area is 100 Å². The summed E-state index contributed by atoms with van der Waals surface area (Å²) in [5.41, 5.74) is 1.77. The number of benzene rings is 1. The highest BCUT2D eigenvalue weighted by molar-refractivity contribution is 7.11. The molecule has 0 aliphatic rings. The highest BCUT2D eigenvalue weighted by Crippen LogP contribution is 2.17. The third-order valence-electron chi connectivity index (χ3n) is 2.00. The first-order chi connectivity index (χ1) is 8.20. The van der Waals surface area contributed by atoms with Gasteiger partial charge in [-0.3, -0.25) is 9.78 Å². The number of nitrogens with zero attached hydrogens (tertiary/aromatic N) is 2. The van der Waals surface area contributed by atoms with Crippen LogP contribution in [0, 0.1) is 17.1 Å². The molecule has 4 nitrogen and oxygen atoms in total. The van der Waals surface area contributed by atoms with Crippen LogP contribution >= 0.6 is 11.3 Å². The van der Waals surface area contributed by atoms with Gasteiger partial charge in [-0.1, -0.05) is 0 Å². The smallest absolute Gasteiger partial charge is 0.267 e. The van der Waals surface area contributed by atoms with Gasteiger partial charge in [-0.05, 0) is 18.2 Å². The van der Waals surface area contributed by atoms with Crippen LogP contribution in [0.15, 0.2) is 29.9 Å². The summed E-state index contributed by atoms with van der Waals surface area (Å²) >= 11 is 1.17. The Morgan fingerprint density at radius 1 is 1.53 bits per heavy atom. The topological polar surface area (TPSA) is 65.8 Å². The van der Waals surface area contributed by atoms with Gasteiger partial charge in [0.2, 0.25) is 0 Å². The van der Waals surface area contributed by atoms with E-state index in [4.69, 9.17) is 5.26 Å². The number of thiazole rings is 1.